The Morgan fingerprint density at radius 2 is 1.87 bits per heavy atom. The number of aromatic nitrogens is 1. The Morgan fingerprint density at radius 3 is 2.61 bits per heavy atom. The van der Waals surface area contributed by atoms with E-state index in [0.29, 0.717) is 17.1 Å². The molecule has 31 heavy (non-hydrogen) atoms. The van der Waals surface area contributed by atoms with Gasteiger partial charge in [-0.05, 0) is 35.4 Å². The van der Waals surface area contributed by atoms with E-state index in [0.717, 1.165) is 16.7 Å². The van der Waals surface area contributed by atoms with Gasteiger partial charge in [0.2, 0.25) is 5.91 Å². The summed E-state index contributed by atoms with van der Waals surface area (Å²) in [5.41, 5.74) is 2.92. The monoisotopic (exact) mass is 435 g/mol. The third-order valence-electron chi connectivity index (χ3n) is 5.35. The van der Waals surface area contributed by atoms with Gasteiger partial charge in [-0.3, -0.25) is 14.6 Å². The molecule has 2 aromatic carbocycles. The molecule has 0 spiro atoms. The van der Waals surface area contributed by atoms with Crippen LogP contribution in [0.4, 0.5) is 0 Å². The summed E-state index contributed by atoms with van der Waals surface area (Å²) in [5.74, 6) is -0.582. The van der Waals surface area contributed by atoms with Gasteiger partial charge < -0.3 is 15.3 Å². The molecule has 1 fully saturated rings. The number of likely N-dealkylation sites (tertiary alicyclic amines) is 1. The van der Waals surface area contributed by atoms with Crippen molar-refractivity contribution >= 4 is 23.4 Å². The molecule has 1 aromatic heterocycles. The first-order valence-electron chi connectivity index (χ1n) is 10.0. The van der Waals surface area contributed by atoms with Crippen LogP contribution in [-0.4, -0.2) is 45.5 Å². The third kappa shape index (κ3) is 4.76. The molecule has 1 aliphatic heterocycles. The van der Waals surface area contributed by atoms with Gasteiger partial charge >= 0.3 is 0 Å². The van der Waals surface area contributed by atoms with Crippen molar-refractivity contribution in [2.45, 2.75) is 25.1 Å². The minimum Gasteiger partial charge on any atom is -0.391 e. The minimum absolute atomic E-state index is 0.110. The van der Waals surface area contributed by atoms with Gasteiger partial charge in [0.05, 0.1) is 6.10 Å². The molecular formula is C24H22ClN3O3. The maximum Gasteiger partial charge on any atom is 0.255 e. The number of nitrogens with one attached hydrogen (secondary N) is 1. The number of hydrogen-bond acceptors (Lipinski definition) is 4. The molecule has 158 valence electrons. The normalized spacial score (nSPS) is 18.1. The summed E-state index contributed by atoms with van der Waals surface area (Å²) in [6, 6.07) is 17.4. The zero-order chi connectivity index (χ0) is 21.8. The molecule has 3 aromatic rings. The Kier molecular flexibility index (Phi) is 6.30. The summed E-state index contributed by atoms with van der Waals surface area (Å²) in [7, 11) is 0. The number of rotatable bonds is 5. The number of pyridine rings is 1. The van der Waals surface area contributed by atoms with E-state index in [-0.39, 0.29) is 24.8 Å². The topological polar surface area (TPSA) is 82.5 Å². The van der Waals surface area contributed by atoms with Crippen LogP contribution >= 0.6 is 11.6 Å². The van der Waals surface area contributed by atoms with E-state index in [2.05, 4.69) is 10.3 Å². The second kappa shape index (κ2) is 9.29. The summed E-state index contributed by atoms with van der Waals surface area (Å²) in [6.45, 7) is 0.427. The van der Waals surface area contributed by atoms with Crippen LogP contribution in [-0.2, 0) is 11.3 Å². The Morgan fingerprint density at radius 1 is 1.10 bits per heavy atom. The van der Waals surface area contributed by atoms with Crippen molar-refractivity contribution in [1.29, 1.82) is 0 Å². The Labute approximate surface area is 185 Å². The lowest BCUT2D eigenvalue weighted by atomic mass is 10.00. The van der Waals surface area contributed by atoms with Crippen LogP contribution in [0.3, 0.4) is 0 Å². The number of carbonyl (C=O) groups excluding carboxylic acids is 2. The molecule has 7 heteroatoms. The second-order valence-electron chi connectivity index (χ2n) is 7.49. The van der Waals surface area contributed by atoms with Gasteiger partial charge in [0.15, 0.2) is 0 Å². The Bertz CT molecular complexity index is 1070. The number of carbonyl (C=O) groups is 2. The van der Waals surface area contributed by atoms with Crippen molar-refractivity contribution < 1.29 is 14.7 Å². The highest BCUT2D eigenvalue weighted by atomic mass is 35.5. The summed E-state index contributed by atoms with van der Waals surface area (Å²) in [5, 5.41) is 13.7. The lowest BCUT2D eigenvalue weighted by Crippen LogP contribution is -2.45. The van der Waals surface area contributed by atoms with E-state index in [1.165, 1.54) is 4.90 Å². The maximum absolute atomic E-state index is 13.4. The van der Waals surface area contributed by atoms with E-state index >= 15 is 0 Å². The highest BCUT2D eigenvalue weighted by Gasteiger charge is 2.39. The fourth-order valence-electron chi connectivity index (χ4n) is 3.79. The maximum atomic E-state index is 13.4. The van der Waals surface area contributed by atoms with Gasteiger partial charge in [0.1, 0.15) is 6.04 Å². The molecular weight excluding hydrogens is 414 g/mol. The standard InChI is InChI=1S/C24H22ClN3O3/c25-18-9-7-16(8-10-18)13-27-23(30)22-12-19(29)15-28(22)24(31)21-6-2-1-5-20(21)17-4-3-11-26-14-17/h1-11,14,19,22,29H,12-13,15H2,(H,27,30)/t19-,22+/m1/s1. The first-order valence-corrected chi connectivity index (χ1v) is 10.4. The van der Waals surface area contributed by atoms with Crippen molar-refractivity contribution in [3.05, 3.63) is 89.2 Å². The lowest BCUT2D eigenvalue weighted by Gasteiger charge is -2.25. The zero-order valence-electron chi connectivity index (χ0n) is 16.7. The average Bonchev–Trinajstić information content (AvgIpc) is 3.20. The van der Waals surface area contributed by atoms with Crippen LogP contribution in [0.2, 0.25) is 5.02 Å². The van der Waals surface area contributed by atoms with Crippen LogP contribution in [0.5, 0.6) is 0 Å². The quantitative estimate of drug-likeness (QED) is 0.644. The molecule has 4 rings (SSSR count). The van der Waals surface area contributed by atoms with Crippen molar-refractivity contribution in [3.8, 4) is 11.1 Å². The molecule has 0 saturated carbocycles. The first kappa shape index (κ1) is 21.0. The fourth-order valence-corrected chi connectivity index (χ4v) is 3.92. The number of benzene rings is 2. The van der Waals surface area contributed by atoms with Crippen molar-refractivity contribution in [2.24, 2.45) is 0 Å². The van der Waals surface area contributed by atoms with E-state index in [1.807, 2.05) is 36.4 Å². The molecule has 0 unspecified atom stereocenters. The van der Waals surface area contributed by atoms with Crippen LogP contribution in [0.1, 0.15) is 22.3 Å². The molecule has 2 amide bonds. The molecule has 0 bridgehead atoms. The molecule has 2 heterocycles. The second-order valence-corrected chi connectivity index (χ2v) is 7.93. The predicted molar refractivity (Wildman–Crippen MR) is 118 cm³/mol. The molecule has 2 atom stereocenters. The molecule has 0 aliphatic carbocycles. The predicted octanol–water partition coefficient (Wildman–Crippen LogP) is 3.29. The highest BCUT2D eigenvalue weighted by Crippen LogP contribution is 2.27. The van der Waals surface area contributed by atoms with Crippen molar-refractivity contribution in [2.75, 3.05) is 6.54 Å². The van der Waals surface area contributed by atoms with E-state index in [4.69, 9.17) is 11.6 Å². The number of β-amino-alcohol motifs (C(OH)–C–C–N with tert-alkyl or cyclic N) is 1. The number of amides is 2. The fraction of sp³-hybridized carbons (Fsp3) is 0.208. The smallest absolute Gasteiger partial charge is 0.255 e. The van der Waals surface area contributed by atoms with Gasteiger partial charge in [-0.1, -0.05) is 48.0 Å². The average molecular weight is 436 g/mol. The first-order chi connectivity index (χ1) is 15.0. The van der Waals surface area contributed by atoms with Crippen LogP contribution < -0.4 is 5.32 Å². The number of halogens is 1. The summed E-state index contributed by atoms with van der Waals surface area (Å²) in [4.78, 5) is 31.9. The Balaban J connectivity index is 1.53. The largest absolute Gasteiger partial charge is 0.391 e. The number of aliphatic hydroxyl groups is 1. The minimum atomic E-state index is -0.749. The number of aliphatic hydroxyl groups excluding tert-OH is 1. The van der Waals surface area contributed by atoms with Gasteiger partial charge in [-0.15, -0.1) is 0 Å². The number of nitrogens with zero attached hydrogens (tertiary/aromatic N) is 2. The zero-order valence-corrected chi connectivity index (χ0v) is 17.5. The highest BCUT2D eigenvalue weighted by molar-refractivity contribution is 6.30. The SMILES string of the molecule is O=C(NCc1ccc(Cl)cc1)[C@@H]1C[C@@H](O)CN1C(=O)c1ccccc1-c1cccnc1. The molecule has 0 radical (unpaired) electrons. The van der Waals surface area contributed by atoms with Crippen molar-refractivity contribution in [3.63, 3.8) is 0 Å². The number of hydrogen-bond donors (Lipinski definition) is 2. The van der Waals surface area contributed by atoms with Gasteiger partial charge in [-0.2, -0.15) is 0 Å². The van der Waals surface area contributed by atoms with E-state index in [9.17, 15) is 14.7 Å². The third-order valence-corrected chi connectivity index (χ3v) is 5.60. The van der Waals surface area contributed by atoms with Gasteiger partial charge in [0.25, 0.3) is 5.91 Å². The summed E-state index contributed by atoms with van der Waals surface area (Å²) < 4.78 is 0. The van der Waals surface area contributed by atoms with Crippen LogP contribution in [0, 0.1) is 0 Å². The van der Waals surface area contributed by atoms with Gasteiger partial charge in [0, 0.05) is 48.1 Å². The van der Waals surface area contributed by atoms with Gasteiger partial charge in [-0.25, -0.2) is 0 Å². The lowest BCUT2D eigenvalue weighted by molar-refractivity contribution is -0.125. The summed E-state index contributed by atoms with van der Waals surface area (Å²) in [6.07, 6.45) is 2.82. The van der Waals surface area contributed by atoms with E-state index < -0.39 is 12.1 Å². The van der Waals surface area contributed by atoms with E-state index in [1.54, 1.807) is 36.7 Å². The molecule has 2 N–H and O–H groups in total. The van der Waals surface area contributed by atoms with Crippen molar-refractivity contribution in [1.82, 2.24) is 15.2 Å². The van der Waals surface area contributed by atoms with Crippen LogP contribution in [0.25, 0.3) is 11.1 Å². The molecule has 6 nitrogen and oxygen atoms in total. The summed E-state index contributed by atoms with van der Waals surface area (Å²) >= 11 is 5.90. The Hall–Kier alpha value is -3.22. The van der Waals surface area contributed by atoms with Crippen LogP contribution in [0.15, 0.2) is 73.1 Å². The molecule has 1 saturated heterocycles. The molecule has 1 aliphatic rings.